The Morgan fingerprint density at radius 1 is 1.09 bits per heavy atom. The molecular weight excluding hydrogens is 278 g/mol. The second-order valence-electron chi connectivity index (χ2n) is 5.48. The number of carbonyl (C=O) groups is 2. The van der Waals surface area contributed by atoms with Crippen molar-refractivity contribution in [1.29, 1.82) is 0 Å². The van der Waals surface area contributed by atoms with Gasteiger partial charge in [-0.05, 0) is 30.6 Å². The van der Waals surface area contributed by atoms with Crippen molar-refractivity contribution < 1.29 is 9.59 Å². The number of hydrogen-bond acceptors (Lipinski definition) is 3. The third-order valence-corrected chi connectivity index (χ3v) is 3.65. The minimum absolute atomic E-state index is 0.280. The van der Waals surface area contributed by atoms with Crippen LogP contribution in [0.1, 0.15) is 39.2 Å². The SMILES string of the molecule is CCN(CC)CCNC(=O)C(=O)Nc1ccccc1C(C)C. The molecule has 5 nitrogen and oxygen atoms in total. The highest BCUT2D eigenvalue weighted by molar-refractivity contribution is 6.39. The molecule has 0 aliphatic rings. The summed E-state index contributed by atoms with van der Waals surface area (Å²) in [5, 5.41) is 5.35. The normalized spacial score (nSPS) is 10.8. The molecule has 0 aliphatic heterocycles. The number of amides is 2. The fourth-order valence-electron chi connectivity index (χ4n) is 2.24. The van der Waals surface area contributed by atoms with Crippen LogP contribution in [0, 0.1) is 0 Å². The van der Waals surface area contributed by atoms with Crippen molar-refractivity contribution in [2.75, 3.05) is 31.5 Å². The molecule has 0 spiro atoms. The first kappa shape index (κ1) is 18.2. The van der Waals surface area contributed by atoms with Gasteiger partial charge in [0.05, 0.1) is 0 Å². The topological polar surface area (TPSA) is 61.4 Å². The van der Waals surface area contributed by atoms with Crippen LogP contribution in [0.3, 0.4) is 0 Å². The summed E-state index contributed by atoms with van der Waals surface area (Å²) in [4.78, 5) is 26.0. The summed E-state index contributed by atoms with van der Waals surface area (Å²) in [5.74, 6) is -0.930. The Morgan fingerprint density at radius 3 is 2.32 bits per heavy atom. The van der Waals surface area contributed by atoms with Gasteiger partial charge in [-0.1, -0.05) is 45.9 Å². The highest BCUT2D eigenvalue weighted by atomic mass is 16.2. The molecule has 2 N–H and O–H groups in total. The first-order chi connectivity index (χ1) is 10.5. The van der Waals surface area contributed by atoms with Gasteiger partial charge in [0.15, 0.2) is 0 Å². The third kappa shape index (κ3) is 5.48. The quantitative estimate of drug-likeness (QED) is 0.759. The predicted octanol–water partition coefficient (Wildman–Crippen LogP) is 2.21. The lowest BCUT2D eigenvalue weighted by Gasteiger charge is -2.18. The number of likely N-dealkylation sites (N-methyl/N-ethyl adjacent to an activating group) is 1. The van der Waals surface area contributed by atoms with Crippen molar-refractivity contribution in [2.45, 2.75) is 33.6 Å². The van der Waals surface area contributed by atoms with Gasteiger partial charge in [-0.3, -0.25) is 9.59 Å². The fourth-order valence-corrected chi connectivity index (χ4v) is 2.24. The van der Waals surface area contributed by atoms with Crippen LogP contribution in [0.2, 0.25) is 0 Å². The summed E-state index contributed by atoms with van der Waals surface area (Å²) in [6, 6.07) is 7.55. The Balaban J connectivity index is 2.53. The number of benzene rings is 1. The van der Waals surface area contributed by atoms with E-state index >= 15 is 0 Å². The van der Waals surface area contributed by atoms with Crippen LogP contribution in [0.25, 0.3) is 0 Å². The number of nitrogens with zero attached hydrogens (tertiary/aromatic N) is 1. The second-order valence-corrected chi connectivity index (χ2v) is 5.48. The zero-order valence-corrected chi connectivity index (χ0v) is 14.0. The number of rotatable bonds is 7. The molecule has 1 aromatic carbocycles. The molecule has 5 heteroatoms. The summed E-state index contributed by atoms with van der Waals surface area (Å²) >= 11 is 0. The van der Waals surface area contributed by atoms with Crippen molar-refractivity contribution >= 4 is 17.5 Å². The maximum Gasteiger partial charge on any atom is 0.313 e. The maximum absolute atomic E-state index is 12.0. The van der Waals surface area contributed by atoms with Crippen LogP contribution in [0.4, 0.5) is 5.69 Å². The molecule has 2 amide bonds. The van der Waals surface area contributed by atoms with Gasteiger partial charge in [-0.25, -0.2) is 0 Å². The molecule has 122 valence electrons. The predicted molar refractivity (Wildman–Crippen MR) is 90.0 cm³/mol. The molecule has 0 bridgehead atoms. The summed E-state index contributed by atoms with van der Waals surface area (Å²) in [5.41, 5.74) is 1.72. The van der Waals surface area contributed by atoms with Gasteiger partial charge in [0.1, 0.15) is 0 Å². The van der Waals surface area contributed by atoms with E-state index in [1.807, 2.05) is 24.3 Å². The van der Waals surface area contributed by atoms with Gasteiger partial charge in [0.2, 0.25) is 0 Å². The average molecular weight is 305 g/mol. The molecule has 0 aliphatic carbocycles. The lowest BCUT2D eigenvalue weighted by Crippen LogP contribution is -2.40. The molecular formula is C17H27N3O2. The van der Waals surface area contributed by atoms with E-state index in [2.05, 4.69) is 43.2 Å². The van der Waals surface area contributed by atoms with Crippen LogP contribution in [0.15, 0.2) is 24.3 Å². The highest BCUT2D eigenvalue weighted by Gasteiger charge is 2.15. The number of carbonyl (C=O) groups excluding carboxylic acids is 2. The summed E-state index contributed by atoms with van der Waals surface area (Å²) < 4.78 is 0. The Hall–Kier alpha value is -1.88. The molecule has 0 atom stereocenters. The number of hydrogen-bond donors (Lipinski definition) is 2. The number of anilines is 1. The Kier molecular flexibility index (Phi) is 7.60. The summed E-state index contributed by atoms with van der Waals surface area (Å²) in [6.45, 7) is 11.3. The molecule has 0 unspecified atom stereocenters. The van der Waals surface area contributed by atoms with Gasteiger partial charge in [0, 0.05) is 18.8 Å². The van der Waals surface area contributed by atoms with E-state index in [1.54, 1.807) is 0 Å². The minimum Gasteiger partial charge on any atom is -0.347 e. The monoisotopic (exact) mass is 305 g/mol. The second kappa shape index (κ2) is 9.20. The molecule has 0 fully saturated rings. The lowest BCUT2D eigenvalue weighted by molar-refractivity contribution is -0.136. The largest absolute Gasteiger partial charge is 0.347 e. The van der Waals surface area contributed by atoms with E-state index in [9.17, 15) is 9.59 Å². The van der Waals surface area contributed by atoms with Crippen LogP contribution in [0.5, 0.6) is 0 Å². The van der Waals surface area contributed by atoms with Gasteiger partial charge >= 0.3 is 11.8 Å². The molecule has 0 saturated heterocycles. The third-order valence-electron chi connectivity index (χ3n) is 3.65. The Labute approximate surface area is 133 Å². The zero-order chi connectivity index (χ0) is 16.5. The molecule has 1 rings (SSSR count). The fraction of sp³-hybridized carbons (Fsp3) is 0.529. The van der Waals surface area contributed by atoms with E-state index in [1.165, 1.54) is 0 Å². The smallest absolute Gasteiger partial charge is 0.313 e. The van der Waals surface area contributed by atoms with Gasteiger partial charge in [0.25, 0.3) is 0 Å². The van der Waals surface area contributed by atoms with E-state index in [4.69, 9.17) is 0 Å². The van der Waals surface area contributed by atoms with E-state index in [0.29, 0.717) is 12.2 Å². The molecule has 0 aromatic heterocycles. The zero-order valence-electron chi connectivity index (χ0n) is 14.0. The minimum atomic E-state index is -0.618. The average Bonchev–Trinajstić information content (AvgIpc) is 2.51. The highest BCUT2D eigenvalue weighted by Crippen LogP contribution is 2.23. The molecule has 1 aromatic rings. The van der Waals surface area contributed by atoms with Crippen LogP contribution in [-0.2, 0) is 9.59 Å². The van der Waals surface area contributed by atoms with E-state index in [-0.39, 0.29) is 5.92 Å². The molecule has 0 saturated carbocycles. The summed E-state index contributed by atoms with van der Waals surface area (Å²) in [7, 11) is 0. The number of para-hydroxylation sites is 1. The van der Waals surface area contributed by atoms with Gasteiger partial charge in [-0.15, -0.1) is 0 Å². The van der Waals surface area contributed by atoms with Crippen LogP contribution < -0.4 is 10.6 Å². The Morgan fingerprint density at radius 2 is 1.73 bits per heavy atom. The van der Waals surface area contributed by atoms with Crippen molar-refractivity contribution in [3.05, 3.63) is 29.8 Å². The van der Waals surface area contributed by atoms with Crippen LogP contribution in [-0.4, -0.2) is 42.9 Å². The lowest BCUT2D eigenvalue weighted by atomic mass is 10.0. The van der Waals surface area contributed by atoms with Gasteiger partial charge < -0.3 is 15.5 Å². The molecule has 0 heterocycles. The summed E-state index contributed by atoms with van der Waals surface area (Å²) in [6.07, 6.45) is 0. The standard InChI is InChI=1S/C17H27N3O2/c1-5-20(6-2)12-11-18-16(21)17(22)19-15-10-8-7-9-14(15)13(3)4/h7-10,13H,5-6,11-12H2,1-4H3,(H,18,21)(H,19,22). The molecule has 22 heavy (non-hydrogen) atoms. The first-order valence-electron chi connectivity index (χ1n) is 7.90. The van der Waals surface area contributed by atoms with E-state index in [0.717, 1.165) is 25.2 Å². The maximum atomic E-state index is 12.0. The van der Waals surface area contributed by atoms with Crippen molar-refractivity contribution in [3.63, 3.8) is 0 Å². The van der Waals surface area contributed by atoms with Crippen molar-refractivity contribution in [2.24, 2.45) is 0 Å². The number of nitrogens with one attached hydrogen (secondary N) is 2. The molecule has 0 radical (unpaired) electrons. The van der Waals surface area contributed by atoms with Crippen molar-refractivity contribution in [1.82, 2.24) is 10.2 Å². The van der Waals surface area contributed by atoms with Crippen molar-refractivity contribution in [3.8, 4) is 0 Å². The first-order valence-corrected chi connectivity index (χ1v) is 7.90. The van der Waals surface area contributed by atoms with Crippen LogP contribution >= 0.6 is 0 Å². The van der Waals surface area contributed by atoms with Gasteiger partial charge in [-0.2, -0.15) is 0 Å². The Bertz CT molecular complexity index is 496. The van der Waals surface area contributed by atoms with E-state index < -0.39 is 11.8 Å².